The van der Waals surface area contributed by atoms with Crippen molar-refractivity contribution >= 4 is 23.4 Å². The summed E-state index contributed by atoms with van der Waals surface area (Å²) in [4.78, 5) is 8.45. The maximum absolute atomic E-state index is 8.67. The number of aromatic nitrogens is 2. The SMILES string of the molecule is CCNc1ncnc(NCCSCCCO)c1C. The molecule has 1 aromatic heterocycles. The Balaban J connectivity index is 2.35. The molecule has 0 atom stereocenters. The molecule has 0 bridgehead atoms. The van der Waals surface area contributed by atoms with Crippen molar-refractivity contribution in [1.82, 2.24) is 9.97 Å². The monoisotopic (exact) mass is 270 g/mol. The number of nitrogens with zero attached hydrogens (tertiary/aromatic N) is 2. The zero-order chi connectivity index (χ0) is 13.2. The Labute approximate surface area is 113 Å². The summed E-state index contributed by atoms with van der Waals surface area (Å²) in [5.41, 5.74) is 1.06. The predicted octanol–water partition coefficient (Wildman–Crippen LogP) is 1.74. The minimum atomic E-state index is 0.275. The largest absolute Gasteiger partial charge is 0.396 e. The first-order valence-corrected chi connectivity index (χ1v) is 7.43. The van der Waals surface area contributed by atoms with Gasteiger partial charge in [-0.15, -0.1) is 0 Å². The smallest absolute Gasteiger partial charge is 0.134 e. The van der Waals surface area contributed by atoms with Gasteiger partial charge in [0.2, 0.25) is 0 Å². The molecular formula is C12H22N4OS. The predicted molar refractivity (Wildman–Crippen MR) is 78.5 cm³/mol. The van der Waals surface area contributed by atoms with E-state index >= 15 is 0 Å². The summed E-state index contributed by atoms with van der Waals surface area (Å²) in [6.45, 7) is 6.07. The molecular weight excluding hydrogens is 248 g/mol. The van der Waals surface area contributed by atoms with Gasteiger partial charge >= 0.3 is 0 Å². The van der Waals surface area contributed by atoms with Crippen LogP contribution in [0.2, 0.25) is 0 Å². The quantitative estimate of drug-likeness (QED) is 0.594. The Morgan fingerprint density at radius 2 is 1.94 bits per heavy atom. The topological polar surface area (TPSA) is 70.1 Å². The fourth-order valence-electron chi connectivity index (χ4n) is 1.48. The van der Waals surface area contributed by atoms with Gasteiger partial charge in [0.1, 0.15) is 18.0 Å². The number of rotatable bonds is 9. The first kappa shape index (κ1) is 15.0. The number of thioether (sulfide) groups is 1. The molecule has 0 aromatic carbocycles. The van der Waals surface area contributed by atoms with Crippen LogP contribution in [-0.4, -0.2) is 46.3 Å². The average molecular weight is 270 g/mol. The van der Waals surface area contributed by atoms with E-state index in [9.17, 15) is 0 Å². The Kier molecular flexibility index (Phi) is 7.52. The maximum Gasteiger partial charge on any atom is 0.134 e. The zero-order valence-electron chi connectivity index (χ0n) is 11.1. The van der Waals surface area contributed by atoms with Gasteiger partial charge in [-0.05, 0) is 26.0 Å². The number of hydrogen-bond donors (Lipinski definition) is 3. The third kappa shape index (κ3) is 5.10. The molecule has 1 aromatic rings. The van der Waals surface area contributed by atoms with Crippen molar-refractivity contribution in [3.05, 3.63) is 11.9 Å². The third-order valence-corrected chi connectivity index (χ3v) is 3.48. The zero-order valence-corrected chi connectivity index (χ0v) is 11.9. The number of aliphatic hydroxyl groups is 1. The lowest BCUT2D eigenvalue weighted by Gasteiger charge is -2.11. The van der Waals surface area contributed by atoms with E-state index < -0.39 is 0 Å². The van der Waals surface area contributed by atoms with Crippen LogP contribution in [0, 0.1) is 6.92 Å². The lowest BCUT2D eigenvalue weighted by molar-refractivity contribution is 0.296. The van der Waals surface area contributed by atoms with E-state index in [0.29, 0.717) is 0 Å². The number of hydrogen-bond acceptors (Lipinski definition) is 6. The van der Waals surface area contributed by atoms with Crippen molar-refractivity contribution in [3.63, 3.8) is 0 Å². The fraction of sp³-hybridized carbons (Fsp3) is 0.667. The minimum Gasteiger partial charge on any atom is -0.396 e. The van der Waals surface area contributed by atoms with Crippen LogP contribution in [-0.2, 0) is 0 Å². The Hall–Kier alpha value is -1.01. The summed E-state index contributed by atoms with van der Waals surface area (Å²) < 4.78 is 0. The molecule has 0 saturated carbocycles. The van der Waals surface area contributed by atoms with E-state index in [0.717, 1.165) is 48.2 Å². The minimum absolute atomic E-state index is 0.275. The van der Waals surface area contributed by atoms with Crippen molar-refractivity contribution < 1.29 is 5.11 Å². The van der Waals surface area contributed by atoms with Crippen LogP contribution in [0.3, 0.4) is 0 Å². The number of nitrogens with one attached hydrogen (secondary N) is 2. The molecule has 5 nitrogen and oxygen atoms in total. The molecule has 0 unspecified atom stereocenters. The fourth-order valence-corrected chi connectivity index (χ4v) is 2.27. The van der Waals surface area contributed by atoms with Crippen molar-refractivity contribution in [2.24, 2.45) is 0 Å². The summed E-state index contributed by atoms with van der Waals surface area (Å²) in [5, 5.41) is 15.2. The Morgan fingerprint density at radius 1 is 1.22 bits per heavy atom. The molecule has 0 radical (unpaired) electrons. The first-order chi connectivity index (χ1) is 8.79. The molecule has 1 rings (SSSR count). The highest BCUT2D eigenvalue weighted by Gasteiger charge is 2.05. The number of anilines is 2. The highest BCUT2D eigenvalue weighted by atomic mass is 32.2. The number of aliphatic hydroxyl groups excluding tert-OH is 1. The van der Waals surface area contributed by atoms with Crippen LogP contribution in [0.4, 0.5) is 11.6 Å². The summed E-state index contributed by atoms with van der Waals surface area (Å²) in [5.74, 6) is 3.80. The van der Waals surface area contributed by atoms with Gasteiger partial charge in [0, 0.05) is 31.0 Å². The molecule has 0 fully saturated rings. The molecule has 0 aliphatic rings. The highest BCUT2D eigenvalue weighted by Crippen LogP contribution is 2.17. The van der Waals surface area contributed by atoms with E-state index in [4.69, 9.17) is 5.11 Å². The van der Waals surface area contributed by atoms with E-state index in [-0.39, 0.29) is 6.61 Å². The van der Waals surface area contributed by atoms with Crippen molar-refractivity contribution in [3.8, 4) is 0 Å². The van der Waals surface area contributed by atoms with Crippen molar-refractivity contribution in [2.75, 3.05) is 41.8 Å². The molecule has 102 valence electrons. The second-order valence-electron chi connectivity index (χ2n) is 3.84. The molecule has 0 amide bonds. The molecule has 3 N–H and O–H groups in total. The van der Waals surface area contributed by atoms with Crippen LogP contribution < -0.4 is 10.6 Å². The van der Waals surface area contributed by atoms with Gasteiger partial charge in [0.25, 0.3) is 0 Å². The Morgan fingerprint density at radius 3 is 2.61 bits per heavy atom. The summed E-state index contributed by atoms with van der Waals surface area (Å²) in [6.07, 6.45) is 2.44. The molecule has 0 saturated heterocycles. The standard InChI is InChI=1S/C12H22N4OS/c1-3-13-11-10(2)12(16-9-15-11)14-5-8-18-7-4-6-17/h9,17H,3-8H2,1-2H3,(H2,13,14,15,16). The van der Waals surface area contributed by atoms with E-state index in [1.165, 1.54) is 0 Å². The van der Waals surface area contributed by atoms with Crippen LogP contribution >= 0.6 is 11.8 Å². The van der Waals surface area contributed by atoms with Gasteiger partial charge in [-0.3, -0.25) is 0 Å². The van der Waals surface area contributed by atoms with Crippen LogP contribution in [0.15, 0.2) is 6.33 Å². The van der Waals surface area contributed by atoms with Gasteiger partial charge in [-0.25, -0.2) is 9.97 Å². The molecule has 18 heavy (non-hydrogen) atoms. The average Bonchev–Trinajstić information content (AvgIpc) is 2.38. The summed E-state index contributed by atoms with van der Waals surface area (Å²) >= 11 is 1.84. The second kappa shape index (κ2) is 8.99. The van der Waals surface area contributed by atoms with E-state index in [1.807, 2.05) is 25.6 Å². The summed E-state index contributed by atoms with van der Waals surface area (Å²) in [6, 6.07) is 0. The van der Waals surface area contributed by atoms with Crippen molar-refractivity contribution in [2.45, 2.75) is 20.3 Å². The molecule has 0 aliphatic heterocycles. The van der Waals surface area contributed by atoms with E-state index in [1.54, 1.807) is 6.33 Å². The van der Waals surface area contributed by atoms with E-state index in [2.05, 4.69) is 20.6 Å². The normalized spacial score (nSPS) is 10.4. The first-order valence-electron chi connectivity index (χ1n) is 6.27. The highest BCUT2D eigenvalue weighted by molar-refractivity contribution is 7.99. The van der Waals surface area contributed by atoms with Gasteiger partial charge in [0.15, 0.2) is 0 Å². The van der Waals surface area contributed by atoms with Gasteiger partial charge in [-0.1, -0.05) is 0 Å². The maximum atomic E-state index is 8.67. The molecule has 1 heterocycles. The molecule has 0 aliphatic carbocycles. The Bertz CT molecular complexity index is 349. The van der Waals surface area contributed by atoms with Gasteiger partial charge in [0.05, 0.1) is 0 Å². The lowest BCUT2D eigenvalue weighted by Crippen LogP contribution is -2.10. The molecule has 6 heteroatoms. The van der Waals surface area contributed by atoms with Crippen LogP contribution in [0.1, 0.15) is 18.9 Å². The summed E-state index contributed by atoms with van der Waals surface area (Å²) in [7, 11) is 0. The second-order valence-corrected chi connectivity index (χ2v) is 5.07. The van der Waals surface area contributed by atoms with Crippen molar-refractivity contribution in [1.29, 1.82) is 0 Å². The van der Waals surface area contributed by atoms with Gasteiger partial charge < -0.3 is 15.7 Å². The third-order valence-electron chi connectivity index (χ3n) is 2.41. The lowest BCUT2D eigenvalue weighted by atomic mass is 10.3. The van der Waals surface area contributed by atoms with Crippen LogP contribution in [0.25, 0.3) is 0 Å². The van der Waals surface area contributed by atoms with Crippen LogP contribution in [0.5, 0.6) is 0 Å². The molecule has 0 spiro atoms. The van der Waals surface area contributed by atoms with Gasteiger partial charge in [-0.2, -0.15) is 11.8 Å².